The highest BCUT2D eigenvalue weighted by Crippen LogP contribution is 2.30. The van der Waals surface area contributed by atoms with Crippen LogP contribution in [0, 0.1) is 0 Å². The highest BCUT2D eigenvalue weighted by molar-refractivity contribution is 6.13. The molecular weight excluding hydrogens is 344 g/mol. The van der Waals surface area contributed by atoms with Crippen molar-refractivity contribution in [2.75, 3.05) is 22.5 Å². The Morgan fingerprint density at radius 3 is 2.78 bits per heavy atom. The van der Waals surface area contributed by atoms with E-state index < -0.39 is 0 Å². The van der Waals surface area contributed by atoms with Crippen LogP contribution in [0.15, 0.2) is 54.9 Å². The summed E-state index contributed by atoms with van der Waals surface area (Å²) < 4.78 is 1.65. The molecule has 1 aliphatic rings. The lowest BCUT2D eigenvalue weighted by atomic mass is 10.1. The summed E-state index contributed by atoms with van der Waals surface area (Å²) in [6, 6.07) is 12.4. The third-order valence-electron chi connectivity index (χ3n) is 4.47. The number of para-hydroxylation sites is 1. The maximum atomic E-state index is 13.1. The molecule has 0 fully saturated rings. The molecule has 2 amide bonds. The van der Waals surface area contributed by atoms with Gasteiger partial charge in [-0.15, -0.1) is 0 Å². The number of fused-ring (bicyclic) bond motifs is 1. The maximum absolute atomic E-state index is 13.1. The molecule has 0 spiro atoms. The monoisotopic (exact) mass is 362 g/mol. The summed E-state index contributed by atoms with van der Waals surface area (Å²) in [4.78, 5) is 31.2. The Labute approximate surface area is 155 Å². The second-order valence-corrected chi connectivity index (χ2v) is 6.38. The van der Waals surface area contributed by atoms with Crippen molar-refractivity contribution >= 4 is 29.0 Å². The molecule has 136 valence electrons. The number of benzene rings is 1. The molecule has 0 radical (unpaired) electrons. The summed E-state index contributed by atoms with van der Waals surface area (Å²) in [7, 11) is 0. The number of pyridine rings is 1. The van der Waals surface area contributed by atoms with Gasteiger partial charge in [-0.05, 0) is 31.2 Å². The smallest absolute Gasteiger partial charge is 0.278 e. The van der Waals surface area contributed by atoms with Crippen molar-refractivity contribution in [1.29, 1.82) is 0 Å². The van der Waals surface area contributed by atoms with Crippen molar-refractivity contribution in [2.45, 2.75) is 13.0 Å². The number of nitrogens with one attached hydrogen (secondary N) is 1. The van der Waals surface area contributed by atoms with Gasteiger partial charge in [0, 0.05) is 24.0 Å². The fourth-order valence-corrected chi connectivity index (χ4v) is 3.17. The van der Waals surface area contributed by atoms with Gasteiger partial charge >= 0.3 is 0 Å². The molecule has 3 aromatic rings. The van der Waals surface area contributed by atoms with Crippen LogP contribution in [0.5, 0.6) is 0 Å². The molecule has 3 N–H and O–H groups in total. The van der Waals surface area contributed by atoms with Crippen molar-refractivity contribution < 1.29 is 9.59 Å². The largest absolute Gasteiger partial charge is 0.384 e. The Balaban J connectivity index is 1.67. The number of anilines is 3. The predicted molar refractivity (Wildman–Crippen MR) is 102 cm³/mol. The van der Waals surface area contributed by atoms with Crippen molar-refractivity contribution in [3.05, 3.63) is 66.1 Å². The molecule has 2 aromatic heterocycles. The number of nitrogen functional groups attached to an aromatic ring is 1. The van der Waals surface area contributed by atoms with E-state index in [1.165, 1.54) is 18.5 Å². The van der Waals surface area contributed by atoms with Gasteiger partial charge in [-0.25, -0.2) is 4.98 Å². The third kappa shape index (κ3) is 3.01. The molecule has 3 heterocycles. The third-order valence-corrected chi connectivity index (χ3v) is 4.47. The lowest BCUT2D eigenvalue weighted by Crippen LogP contribution is -2.43. The van der Waals surface area contributed by atoms with E-state index in [9.17, 15) is 9.59 Å². The minimum absolute atomic E-state index is 0.0277. The fourth-order valence-electron chi connectivity index (χ4n) is 3.17. The van der Waals surface area contributed by atoms with Gasteiger partial charge in [0.05, 0.1) is 17.9 Å². The summed E-state index contributed by atoms with van der Waals surface area (Å²) in [5.74, 6) is -0.335. The number of carbonyl (C=O) groups is 2. The molecule has 4 rings (SSSR count). The fraction of sp³-hybridized carbons (Fsp3) is 0.158. The van der Waals surface area contributed by atoms with Crippen LogP contribution in [-0.4, -0.2) is 33.1 Å². The molecule has 8 heteroatoms. The van der Waals surface area contributed by atoms with E-state index in [1.807, 2.05) is 37.3 Å². The number of rotatable bonds is 3. The maximum Gasteiger partial charge on any atom is 0.278 e. The van der Waals surface area contributed by atoms with Crippen LogP contribution >= 0.6 is 0 Å². The minimum atomic E-state index is -0.378. The molecule has 0 bridgehead atoms. The average molecular weight is 362 g/mol. The highest BCUT2D eigenvalue weighted by atomic mass is 16.2. The Morgan fingerprint density at radius 2 is 2.04 bits per heavy atom. The van der Waals surface area contributed by atoms with Gasteiger partial charge < -0.3 is 16.0 Å². The van der Waals surface area contributed by atoms with E-state index in [2.05, 4.69) is 15.4 Å². The molecule has 1 aliphatic heterocycles. The molecule has 1 atom stereocenters. The summed E-state index contributed by atoms with van der Waals surface area (Å²) in [5, 5.41) is 7.06. The van der Waals surface area contributed by atoms with Gasteiger partial charge in [0.1, 0.15) is 5.82 Å². The summed E-state index contributed by atoms with van der Waals surface area (Å²) in [6.07, 6.45) is 2.96. The first kappa shape index (κ1) is 16.8. The zero-order chi connectivity index (χ0) is 19.0. The van der Waals surface area contributed by atoms with E-state index in [-0.39, 0.29) is 23.7 Å². The number of hydrogen-bond acceptors (Lipinski definition) is 5. The normalized spacial score (nSPS) is 16.1. The molecule has 27 heavy (non-hydrogen) atoms. The summed E-state index contributed by atoms with van der Waals surface area (Å²) in [6.45, 7) is 2.49. The van der Waals surface area contributed by atoms with Crippen molar-refractivity contribution in [2.24, 2.45) is 0 Å². The molecule has 1 aromatic carbocycles. The standard InChI is InChI=1S/C19H18N6O2/c1-12-11-24(14-5-3-2-4-6-14)19(27)17-15(10-22-25(12)17)23-18(26)13-7-8-21-16(20)9-13/h2-10,12H,11H2,1H3,(H2,20,21)(H,23,26). The topological polar surface area (TPSA) is 106 Å². The Hall–Kier alpha value is -3.68. The van der Waals surface area contributed by atoms with Crippen LogP contribution in [0.25, 0.3) is 0 Å². The first-order valence-corrected chi connectivity index (χ1v) is 8.52. The predicted octanol–water partition coefficient (Wildman–Crippen LogP) is 2.33. The lowest BCUT2D eigenvalue weighted by molar-refractivity contribution is 0.0954. The summed E-state index contributed by atoms with van der Waals surface area (Å²) >= 11 is 0. The van der Waals surface area contributed by atoms with Crippen LogP contribution in [0.1, 0.15) is 33.8 Å². The number of nitrogens with zero attached hydrogens (tertiary/aromatic N) is 4. The van der Waals surface area contributed by atoms with Crippen LogP contribution in [0.4, 0.5) is 17.2 Å². The zero-order valence-electron chi connectivity index (χ0n) is 14.7. The van der Waals surface area contributed by atoms with Crippen LogP contribution in [-0.2, 0) is 0 Å². The Bertz CT molecular complexity index is 1010. The molecular formula is C19H18N6O2. The number of nitrogens with two attached hydrogens (primary N) is 1. The van der Waals surface area contributed by atoms with E-state index in [0.717, 1.165) is 5.69 Å². The van der Waals surface area contributed by atoms with Gasteiger partial charge in [-0.1, -0.05) is 18.2 Å². The second-order valence-electron chi connectivity index (χ2n) is 6.38. The van der Waals surface area contributed by atoms with Crippen LogP contribution < -0.4 is 16.0 Å². The zero-order valence-corrected chi connectivity index (χ0v) is 14.7. The Kier molecular flexibility index (Phi) is 4.08. The van der Waals surface area contributed by atoms with Gasteiger partial charge in [-0.2, -0.15) is 5.10 Å². The van der Waals surface area contributed by atoms with Crippen LogP contribution in [0.2, 0.25) is 0 Å². The van der Waals surface area contributed by atoms with Gasteiger partial charge in [-0.3, -0.25) is 14.3 Å². The first-order valence-electron chi connectivity index (χ1n) is 8.52. The SMILES string of the molecule is CC1CN(c2ccccc2)C(=O)c2c(NC(=O)c3ccnc(N)c3)cnn21. The van der Waals surface area contributed by atoms with Crippen LogP contribution in [0.3, 0.4) is 0 Å². The number of aromatic nitrogens is 3. The lowest BCUT2D eigenvalue weighted by Gasteiger charge is -2.32. The van der Waals surface area contributed by atoms with Crippen molar-refractivity contribution in [3.8, 4) is 0 Å². The Morgan fingerprint density at radius 1 is 1.26 bits per heavy atom. The highest BCUT2D eigenvalue weighted by Gasteiger charge is 2.33. The number of amides is 2. The molecule has 0 aliphatic carbocycles. The molecule has 1 unspecified atom stereocenters. The molecule has 8 nitrogen and oxygen atoms in total. The van der Waals surface area contributed by atoms with E-state index in [4.69, 9.17) is 5.73 Å². The van der Waals surface area contributed by atoms with E-state index in [0.29, 0.717) is 23.5 Å². The summed E-state index contributed by atoms with van der Waals surface area (Å²) in [5.41, 5.74) is 7.52. The second kappa shape index (κ2) is 6.56. The van der Waals surface area contributed by atoms with Gasteiger partial charge in [0.15, 0.2) is 5.69 Å². The minimum Gasteiger partial charge on any atom is -0.384 e. The molecule has 0 saturated carbocycles. The number of carbonyl (C=O) groups excluding carboxylic acids is 2. The molecule has 0 saturated heterocycles. The van der Waals surface area contributed by atoms with E-state index in [1.54, 1.807) is 15.6 Å². The average Bonchev–Trinajstić information content (AvgIpc) is 3.10. The number of hydrogen-bond donors (Lipinski definition) is 2. The van der Waals surface area contributed by atoms with Crippen molar-refractivity contribution in [3.63, 3.8) is 0 Å². The van der Waals surface area contributed by atoms with Gasteiger partial charge in [0.2, 0.25) is 0 Å². The first-order chi connectivity index (χ1) is 13.0. The van der Waals surface area contributed by atoms with E-state index >= 15 is 0 Å². The van der Waals surface area contributed by atoms with Crippen molar-refractivity contribution in [1.82, 2.24) is 14.8 Å². The quantitative estimate of drug-likeness (QED) is 0.744. The van der Waals surface area contributed by atoms with Gasteiger partial charge in [0.25, 0.3) is 11.8 Å².